The van der Waals surface area contributed by atoms with Crippen LogP contribution < -0.4 is 5.84 Å². The molecule has 6 nitrogen and oxygen atoms in total. The summed E-state index contributed by atoms with van der Waals surface area (Å²) in [5.41, 5.74) is 0. The molecule has 0 bridgehead atoms. The average Bonchev–Trinajstić information content (AvgIpc) is 1.59. The summed E-state index contributed by atoms with van der Waals surface area (Å²) in [4.78, 5) is 0. The lowest BCUT2D eigenvalue weighted by Crippen LogP contribution is -2.41. The van der Waals surface area contributed by atoms with E-state index in [9.17, 15) is 8.42 Å². The van der Waals surface area contributed by atoms with Crippen molar-refractivity contribution in [2.45, 2.75) is 0 Å². The molecule has 0 aromatic rings. The second-order valence-electron chi connectivity index (χ2n) is 2.71. The van der Waals surface area contributed by atoms with E-state index in [2.05, 4.69) is 4.18 Å². The van der Waals surface area contributed by atoms with Gasteiger partial charge in [0.05, 0.1) is 28.3 Å². The van der Waals surface area contributed by atoms with Crippen LogP contribution in [0.15, 0.2) is 0 Å². The van der Waals surface area contributed by atoms with Crippen LogP contribution in [-0.2, 0) is 14.6 Å². The Kier molecular flexibility index (Phi) is 5.63. The van der Waals surface area contributed by atoms with Gasteiger partial charge in [0.25, 0.3) is 0 Å². The summed E-state index contributed by atoms with van der Waals surface area (Å²) < 4.78 is 30.2. The maximum absolute atomic E-state index is 9.33. The zero-order chi connectivity index (χ0) is 9.71. The highest BCUT2D eigenvalue weighted by Gasteiger charge is 1.94. The van der Waals surface area contributed by atoms with Crippen molar-refractivity contribution in [2.24, 2.45) is 5.84 Å². The molecule has 7 heteroatoms. The third-order valence-corrected chi connectivity index (χ3v) is 0.632. The first kappa shape index (κ1) is 13.4. The second kappa shape index (κ2) is 4.62. The predicted molar refractivity (Wildman–Crippen MR) is 40.8 cm³/mol. The van der Waals surface area contributed by atoms with Crippen LogP contribution in [0.25, 0.3) is 0 Å². The van der Waals surface area contributed by atoms with E-state index < -0.39 is 10.4 Å². The predicted octanol–water partition coefficient (Wildman–Crippen LogP) is -0.998. The molecule has 0 aliphatic rings. The Labute approximate surface area is 67.1 Å². The van der Waals surface area contributed by atoms with Crippen LogP contribution in [-0.4, -0.2) is 45.8 Å². The molecule has 0 saturated carbocycles. The number of rotatable bonds is 1. The number of quaternary nitrogens is 1. The Bertz CT molecular complexity index is 175. The summed E-state index contributed by atoms with van der Waals surface area (Å²) in [7, 11) is 2.42. The fourth-order valence-electron chi connectivity index (χ4n) is 0. The van der Waals surface area contributed by atoms with Gasteiger partial charge in [-0.15, -0.1) is 0 Å². The van der Waals surface area contributed by atoms with Crippen molar-refractivity contribution in [3.8, 4) is 0 Å². The molecule has 11 heavy (non-hydrogen) atoms. The van der Waals surface area contributed by atoms with Crippen LogP contribution in [0.2, 0.25) is 0 Å². The first-order chi connectivity index (χ1) is 4.56. The van der Waals surface area contributed by atoms with E-state index >= 15 is 0 Å². The highest BCUT2D eigenvalue weighted by molar-refractivity contribution is 7.80. The van der Waals surface area contributed by atoms with Crippen LogP contribution in [0.5, 0.6) is 0 Å². The lowest BCUT2D eigenvalue weighted by molar-refractivity contribution is -0.882. The maximum atomic E-state index is 9.33. The number of hydrogen-bond donors (Lipinski definition) is 2. The van der Waals surface area contributed by atoms with Crippen molar-refractivity contribution in [3.05, 3.63) is 0 Å². The summed E-state index contributed by atoms with van der Waals surface area (Å²) in [6.45, 7) is 0. The van der Waals surface area contributed by atoms with Gasteiger partial charge in [-0.2, -0.15) is 14.3 Å². The highest BCUT2D eigenvalue weighted by Crippen LogP contribution is 1.74. The van der Waals surface area contributed by atoms with Gasteiger partial charge in [0, 0.05) is 0 Å². The van der Waals surface area contributed by atoms with Gasteiger partial charge in [-0.25, -0.2) is 0 Å². The van der Waals surface area contributed by atoms with Crippen LogP contribution in [0.1, 0.15) is 0 Å². The van der Waals surface area contributed by atoms with Gasteiger partial charge in [0.15, 0.2) is 0 Å². The van der Waals surface area contributed by atoms with E-state index in [0.717, 1.165) is 7.11 Å². The lowest BCUT2D eigenvalue weighted by Gasteiger charge is -2.12. The molecule has 0 aromatic carbocycles. The molecule has 0 amide bonds. The van der Waals surface area contributed by atoms with Crippen LogP contribution >= 0.6 is 0 Å². The number of hydrogen-bond acceptors (Lipinski definition) is 4. The molecular weight excluding hydrogens is 172 g/mol. The summed E-state index contributed by atoms with van der Waals surface area (Å²) in [5.74, 6) is 5.29. The summed E-state index contributed by atoms with van der Waals surface area (Å²) in [6, 6.07) is 0. The van der Waals surface area contributed by atoms with Crippen molar-refractivity contribution in [3.63, 3.8) is 0 Å². The quantitative estimate of drug-likeness (QED) is 0.238. The average molecular weight is 187 g/mol. The molecule has 0 aliphatic carbocycles. The Morgan fingerprint density at radius 2 is 1.45 bits per heavy atom. The fourth-order valence-corrected chi connectivity index (χ4v) is 0. The monoisotopic (exact) mass is 187 g/mol. The smallest absolute Gasteiger partial charge is 0.264 e. The molecule has 0 radical (unpaired) electrons. The first-order valence-electron chi connectivity index (χ1n) is 2.69. The maximum Gasteiger partial charge on any atom is 0.397 e. The molecule has 0 rings (SSSR count). The van der Waals surface area contributed by atoms with Crippen molar-refractivity contribution in [1.82, 2.24) is 0 Å². The van der Waals surface area contributed by atoms with Gasteiger partial charge < -0.3 is 0 Å². The van der Waals surface area contributed by atoms with Crippen LogP contribution in [0.3, 0.4) is 0 Å². The van der Waals surface area contributed by atoms with E-state index in [1.165, 1.54) is 0 Å². The molecule has 0 aliphatic heterocycles. The molecule has 0 spiro atoms. The van der Waals surface area contributed by atoms with E-state index in [1.807, 2.05) is 21.1 Å². The fraction of sp³-hybridized carbons (Fsp3) is 1.00. The molecule has 0 unspecified atom stereocenters. The Hall–Kier alpha value is -0.210. The molecule has 3 N–H and O–H groups in total. The minimum atomic E-state index is -4.16. The van der Waals surface area contributed by atoms with Crippen molar-refractivity contribution >= 4 is 10.4 Å². The van der Waals surface area contributed by atoms with E-state index in [4.69, 9.17) is 10.4 Å². The molecular formula is C4H15N2O4S+. The molecule has 0 atom stereocenters. The van der Waals surface area contributed by atoms with E-state index in [1.54, 1.807) is 0 Å². The Morgan fingerprint density at radius 3 is 1.45 bits per heavy atom. The zero-order valence-electron chi connectivity index (χ0n) is 7.10. The van der Waals surface area contributed by atoms with Gasteiger partial charge in [0.1, 0.15) is 0 Å². The second-order valence-corrected chi connectivity index (χ2v) is 3.90. The van der Waals surface area contributed by atoms with E-state index in [0.29, 0.717) is 4.59 Å². The number of nitrogens with two attached hydrogens (primary N) is 1. The van der Waals surface area contributed by atoms with Gasteiger partial charge in [-0.05, 0) is 0 Å². The SMILES string of the molecule is COS(=O)(=O)O.C[N+](C)(C)N. The van der Waals surface area contributed by atoms with Crippen molar-refractivity contribution in [2.75, 3.05) is 28.3 Å². The Balaban J connectivity index is 0. The summed E-state index contributed by atoms with van der Waals surface area (Å²) in [6.07, 6.45) is 0. The van der Waals surface area contributed by atoms with Crippen LogP contribution in [0.4, 0.5) is 0 Å². The minimum absolute atomic E-state index is 0.500. The summed E-state index contributed by atoms with van der Waals surface area (Å²) >= 11 is 0. The zero-order valence-corrected chi connectivity index (χ0v) is 7.92. The molecule has 0 saturated heterocycles. The van der Waals surface area contributed by atoms with Gasteiger partial charge in [-0.3, -0.25) is 13.3 Å². The van der Waals surface area contributed by atoms with Crippen molar-refractivity contribution in [1.29, 1.82) is 0 Å². The van der Waals surface area contributed by atoms with Gasteiger partial charge >= 0.3 is 10.4 Å². The Morgan fingerprint density at radius 1 is 1.36 bits per heavy atom. The molecule has 0 aromatic heterocycles. The van der Waals surface area contributed by atoms with Crippen molar-refractivity contribution < 1.29 is 21.7 Å². The third-order valence-electron chi connectivity index (χ3n) is 0.211. The molecule has 0 heterocycles. The summed E-state index contributed by atoms with van der Waals surface area (Å²) in [5, 5.41) is 0. The standard InChI is InChI=1S/C3H11N2.CH4O4S/c1-5(2,3)4;1-5-6(2,3)4/h4H2,1-3H3;1H3,(H,2,3,4)/q+1;. The molecule has 70 valence electrons. The third kappa shape index (κ3) is 76.3. The molecule has 0 fully saturated rings. The largest absolute Gasteiger partial charge is 0.397 e. The first-order valence-corrected chi connectivity index (χ1v) is 4.06. The van der Waals surface area contributed by atoms with Crippen LogP contribution in [0, 0.1) is 0 Å². The lowest BCUT2D eigenvalue weighted by atomic mass is 10.9. The normalized spacial score (nSPS) is 11.8. The van der Waals surface area contributed by atoms with Gasteiger partial charge in [-0.1, -0.05) is 0 Å². The topological polar surface area (TPSA) is 89.6 Å². The highest BCUT2D eigenvalue weighted by atomic mass is 32.3. The van der Waals surface area contributed by atoms with E-state index in [-0.39, 0.29) is 0 Å². The number of nitrogens with zero attached hydrogens (tertiary/aromatic N) is 1. The van der Waals surface area contributed by atoms with Gasteiger partial charge in [0.2, 0.25) is 0 Å². The minimum Gasteiger partial charge on any atom is -0.264 e.